The van der Waals surface area contributed by atoms with Crippen LogP contribution in [0.4, 0.5) is 5.95 Å². The lowest BCUT2D eigenvalue weighted by molar-refractivity contribution is 0.153. The van der Waals surface area contributed by atoms with Gasteiger partial charge in [-0.3, -0.25) is 0 Å². The number of hydrogen-bond donors (Lipinski definition) is 1. The van der Waals surface area contributed by atoms with Gasteiger partial charge in [-0.05, 0) is 30.5 Å². The zero-order chi connectivity index (χ0) is 18.2. The molecule has 1 atom stereocenters. The van der Waals surface area contributed by atoms with E-state index in [1.54, 1.807) is 17.5 Å². The smallest absolute Gasteiger partial charge is 0.231 e. The first kappa shape index (κ1) is 16.5. The van der Waals surface area contributed by atoms with E-state index in [9.17, 15) is 5.11 Å². The molecule has 0 spiro atoms. The molecule has 2 aromatic heterocycles. The first-order chi connectivity index (χ1) is 13.3. The SMILES string of the molecule is OC1CCCN(c2ncc(-c3ccc4c(c3)OCO4)c(-c3nccs3)n2)C1. The Morgan fingerprint density at radius 3 is 2.96 bits per heavy atom. The summed E-state index contributed by atoms with van der Waals surface area (Å²) in [5, 5.41) is 12.8. The van der Waals surface area contributed by atoms with Crippen molar-refractivity contribution in [1.82, 2.24) is 15.0 Å². The van der Waals surface area contributed by atoms with E-state index in [0.717, 1.165) is 52.7 Å². The van der Waals surface area contributed by atoms with Crippen molar-refractivity contribution in [3.8, 4) is 33.3 Å². The van der Waals surface area contributed by atoms with E-state index in [2.05, 4.69) is 9.97 Å². The van der Waals surface area contributed by atoms with Gasteiger partial charge in [0.2, 0.25) is 12.7 Å². The van der Waals surface area contributed by atoms with Crippen LogP contribution in [0.3, 0.4) is 0 Å². The van der Waals surface area contributed by atoms with Crippen molar-refractivity contribution >= 4 is 17.3 Å². The van der Waals surface area contributed by atoms with Crippen LogP contribution in [0.15, 0.2) is 36.0 Å². The summed E-state index contributed by atoms with van der Waals surface area (Å²) < 4.78 is 10.9. The number of piperidine rings is 1. The highest BCUT2D eigenvalue weighted by Gasteiger charge is 2.23. The van der Waals surface area contributed by atoms with E-state index in [0.29, 0.717) is 12.5 Å². The molecule has 1 aromatic carbocycles. The lowest BCUT2D eigenvalue weighted by Gasteiger charge is -2.30. The summed E-state index contributed by atoms with van der Waals surface area (Å²) in [6, 6.07) is 5.83. The summed E-state index contributed by atoms with van der Waals surface area (Å²) in [5.41, 5.74) is 2.63. The number of anilines is 1. The Morgan fingerprint density at radius 1 is 1.19 bits per heavy atom. The number of ether oxygens (including phenoxy) is 2. The zero-order valence-electron chi connectivity index (χ0n) is 14.5. The quantitative estimate of drug-likeness (QED) is 0.746. The summed E-state index contributed by atoms with van der Waals surface area (Å²) in [5.74, 6) is 2.10. The first-order valence-corrected chi connectivity index (χ1v) is 9.76. The van der Waals surface area contributed by atoms with Gasteiger partial charge in [-0.25, -0.2) is 15.0 Å². The third-order valence-electron chi connectivity index (χ3n) is 4.77. The van der Waals surface area contributed by atoms with Crippen molar-refractivity contribution in [3.63, 3.8) is 0 Å². The number of aromatic nitrogens is 3. The van der Waals surface area contributed by atoms with E-state index in [1.165, 1.54) is 0 Å². The van der Waals surface area contributed by atoms with Gasteiger partial charge in [0.1, 0.15) is 10.7 Å². The molecule has 1 unspecified atom stereocenters. The van der Waals surface area contributed by atoms with Crippen LogP contribution in [0.25, 0.3) is 21.8 Å². The lowest BCUT2D eigenvalue weighted by Crippen LogP contribution is -2.39. The number of β-amino-alcohol motifs (C(OH)–C–C–N with tert-alkyl or cyclic N) is 1. The van der Waals surface area contributed by atoms with Crippen molar-refractivity contribution in [2.24, 2.45) is 0 Å². The van der Waals surface area contributed by atoms with Gasteiger partial charge in [0.25, 0.3) is 0 Å². The Balaban J connectivity index is 1.59. The number of benzene rings is 1. The fraction of sp³-hybridized carbons (Fsp3) is 0.316. The summed E-state index contributed by atoms with van der Waals surface area (Å²) >= 11 is 1.54. The van der Waals surface area contributed by atoms with Gasteiger partial charge in [-0.1, -0.05) is 6.07 Å². The summed E-state index contributed by atoms with van der Waals surface area (Å²) in [6.07, 6.45) is 5.03. The topological polar surface area (TPSA) is 80.6 Å². The Kier molecular flexibility index (Phi) is 4.14. The molecule has 5 rings (SSSR count). The molecule has 0 amide bonds. The molecule has 3 aromatic rings. The van der Waals surface area contributed by atoms with Crippen LogP contribution >= 0.6 is 11.3 Å². The van der Waals surface area contributed by atoms with Crippen LogP contribution in [-0.4, -0.2) is 46.0 Å². The second kappa shape index (κ2) is 6.79. The highest BCUT2D eigenvalue weighted by molar-refractivity contribution is 7.13. The van der Waals surface area contributed by atoms with Gasteiger partial charge in [0, 0.05) is 36.4 Å². The normalized spacial score (nSPS) is 18.7. The second-order valence-corrected chi connectivity index (χ2v) is 7.47. The van der Waals surface area contributed by atoms with Crippen molar-refractivity contribution in [3.05, 3.63) is 36.0 Å². The van der Waals surface area contributed by atoms with Gasteiger partial charge in [0.15, 0.2) is 11.5 Å². The first-order valence-electron chi connectivity index (χ1n) is 8.88. The minimum absolute atomic E-state index is 0.241. The summed E-state index contributed by atoms with van der Waals surface area (Å²) in [4.78, 5) is 15.9. The molecule has 2 aliphatic rings. The van der Waals surface area contributed by atoms with Crippen LogP contribution in [-0.2, 0) is 0 Å². The van der Waals surface area contributed by atoms with E-state index < -0.39 is 0 Å². The molecule has 8 heteroatoms. The molecule has 0 saturated carbocycles. The lowest BCUT2D eigenvalue weighted by atomic mass is 10.0. The molecule has 1 N–H and O–H groups in total. The molecule has 0 radical (unpaired) electrons. The van der Waals surface area contributed by atoms with Crippen LogP contribution < -0.4 is 14.4 Å². The van der Waals surface area contributed by atoms with E-state index in [-0.39, 0.29) is 12.9 Å². The monoisotopic (exact) mass is 382 g/mol. The Labute approximate surface area is 160 Å². The maximum Gasteiger partial charge on any atom is 0.231 e. The van der Waals surface area contributed by atoms with Crippen LogP contribution in [0.2, 0.25) is 0 Å². The number of rotatable bonds is 3. The number of aliphatic hydroxyl groups is 1. The molecule has 4 heterocycles. The van der Waals surface area contributed by atoms with Crippen molar-refractivity contribution in [2.45, 2.75) is 18.9 Å². The third-order valence-corrected chi connectivity index (χ3v) is 5.55. The number of aliphatic hydroxyl groups excluding tert-OH is 1. The van der Waals surface area contributed by atoms with E-state index in [4.69, 9.17) is 14.5 Å². The standard InChI is InChI=1S/C19H18N4O3S/c24-13-2-1-6-23(10-13)19-21-9-14(17(22-19)18-20-5-7-27-18)12-3-4-15-16(8-12)26-11-25-15/h3-5,7-9,13,24H,1-2,6,10-11H2. The van der Waals surface area contributed by atoms with Gasteiger partial charge in [-0.2, -0.15) is 0 Å². The molecule has 138 valence electrons. The molecule has 27 heavy (non-hydrogen) atoms. The molecule has 7 nitrogen and oxygen atoms in total. The predicted octanol–water partition coefficient (Wildman–Crippen LogP) is 2.96. The maximum atomic E-state index is 9.98. The molecule has 0 bridgehead atoms. The fourth-order valence-electron chi connectivity index (χ4n) is 3.44. The van der Waals surface area contributed by atoms with Crippen LogP contribution in [0.5, 0.6) is 11.5 Å². The highest BCUT2D eigenvalue weighted by Crippen LogP contribution is 2.39. The Morgan fingerprint density at radius 2 is 2.11 bits per heavy atom. The highest BCUT2D eigenvalue weighted by atomic mass is 32.1. The number of fused-ring (bicyclic) bond motifs is 1. The van der Waals surface area contributed by atoms with Crippen LogP contribution in [0.1, 0.15) is 12.8 Å². The van der Waals surface area contributed by atoms with Gasteiger partial charge in [-0.15, -0.1) is 11.3 Å². The Bertz CT molecular complexity index is 964. The van der Waals surface area contributed by atoms with Gasteiger partial charge >= 0.3 is 0 Å². The Hall–Kier alpha value is -2.71. The minimum atomic E-state index is -0.334. The number of hydrogen-bond acceptors (Lipinski definition) is 8. The van der Waals surface area contributed by atoms with E-state index in [1.807, 2.05) is 34.7 Å². The van der Waals surface area contributed by atoms with Crippen molar-refractivity contribution in [2.75, 3.05) is 24.8 Å². The summed E-state index contributed by atoms with van der Waals surface area (Å²) in [6.45, 7) is 1.64. The molecule has 1 saturated heterocycles. The fourth-order valence-corrected chi connectivity index (χ4v) is 4.08. The average Bonchev–Trinajstić information content (AvgIpc) is 3.39. The minimum Gasteiger partial charge on any atom is -0.454 e. The molecule has 2 aliphatic heterocycles. The van der Waals surface area contributed by atoms with E-state index >= 15 is 0 Å². The van der Waals surface area contributed by atoms with Crippen molar-refractivity contribution in [1.29, 1.82) is 0 Å². The van der Waals surface area contributed by atoms with Gasteiger partial charge < -0.3 is 19.5 Å². The molecular formula is C19H18N4O3S. The van der Waals surface area contributed by atoms with Gasteiger partial charge in [0.05, 0.1) is 6.10 Å². The van der Waals surface area contributed by atoms with Crippen LogP contribution in [0, 0.1) is 0 Å². The maximum absolute atomic E-state index is 9.98. The third kappa shape index (κ3) is 3.11. The largest absolute Gasteiger partial charge is 0.454 e. The second-order valence-electron chi connectivity index (χ2n) is 6.58. The summed E-state index contributed by atoms with van der Waals surface area (Å²) in [7, 11) is 0. The van der Waals surface area contributed by atoms with Crippen molar-refractivity contribution < 1.29 is 14.6 Å². The zero-order valence-corrected chi connectivity index (χ0v) is 15.4. The number of nitrogens with zero attached hydrogens (tertiary/aromatic N) is 4. The number of thiazole rings is 1. The molecule has 0 aliphatic carbocycles. The molecular weight excluding hydrogens is 364 g/mol. The molecule has 1 fully saturated rings. The predicted molar refractivity (Wildman–Crippen MR) is 102 cm³/mol. The average molecular weight is 382 g/mol.